The van der Waals surface area contributed by atoms with E-state index in [-0.39, 0.29) is 18.7 Å². The van der Waals surface area contributed by atoms with Crippen LogP contribution >= 0.6 is 0 Å². The summed E-state index contributed by atoms with van der Waals surface area (Å²) in [5.74, 6) is -1.71. The van der Waals surface area contributed by atoms with Crippen molar-refractivity contribution in [1.82, 2.24) is 15.2 Å². The highest BCUT2D eigenvalue weighted by molar-refractivity contribution is 5.91. The Labute approximate surface area is 122 Å². The van der Waals surface area contributed by atoms with E-state index in [2.05, 4.69) is 10.3 Å². The van der Waals surface area contributed by atoms with E-state index in [0.29, 0.717) is 19.5 Å². The molecule has 1 fully saturated rings. The summed E-state index contributed by atoms with van der Waals surface area (Å²) in [4.78, 5) is 40.2. The summed E-state index contributed by atoms with van der Waals surface area (Å²) in [7, 11) is 0. The second kappa shape index (κ2) is 6.83. The zero-order valence-electron chi connectivity index (χ0n) is 11.5. The maximum absolute atomic E-state index is 12.2. The summed E-state index contributed by atoms with van der Waals surface area (Å²) in [6.07, 6.45) is 3.72. The fraction of sp³-hybridized carbons (Fsp3) is 0.429. The third kappa shape index (κ3) is 4.01. The van der Waals surface area contributed by atoms with Crippen LogP contribution in [-0.4, -0.2) is 51.9 Å². The molecule has 1 aliphatic heterocycles. The van der Waals surface area contributed by atoms with Gasteiger partial charge in [0.1, 0.15) is 6.04 Å². The van der Waals surface area contributed by atoms with Crippen molar-refractivity contribution in [2.45, 2.75) is 25.3 Å². The molecule has 112 valence electrons. The third-order valence-electron chi connectivity index (χ3n) is 3.37. The zero-order chi connectivity index (χ0) is 15.2. The molecular weight excluding hydrogens is 274 g/mol. The van der Waals surface area contributed by atoms with E-state index in [1.54, 1.807) is 18.5 Å². The normalized spacial score (nSPS) is 18.2. The van der Waals surface area contributed by atoms with E-state index in [0.717, 1.165) is 5.56 Å². The van der Waals surface area contributed by atoms with Gasteiger partial charge in [-0.2, -0.15) is 0 Å². The summed E-state index contributed by atoms with van der Waals surface area (Å²) in [5.41, 5.74) is 0.932. The molecule has 0 radical (unpaired) electrons. The second-order valence-corrected chi connectivity index (χ2v) is 4.85. The molecule has 1 unspecified atom stereocenters. The van der Waals surface area contributed by atoms with E-state index < -0.39 is 17.9 Å². The molecule has 1 aromatic rings. The zero-order valence-corrected chi connectivity index (χ0v) is 11.5. The molecule has 2 rings (SSSR count). The lowest BCUT2D eigenvalue weighted by atomic mass is 10.1. The highest BCUT2D eigenvalue weighted by atomic mass is 16.4. The summed E-state index contributed by atoms with van der Waals surface area (Å²) >= 11 is 0. The summed E-state index contributed by atoms with van der Waals surface area (Å²) in [5, 5.41) is 11.5. The van der Waals surface area contributed by atoms with Crippen LogP contribution in [0.2, 0.25) is 0 Å². The van der Waals surface area contributed by atoms with Crippen LogP contribution in [0.5, 0.6) is 0 Å². The van der Waals surface area contributed by atoms with Crippen LogP contribution in [0.25, 0.3) is 0 Å². The van der Waals surface area contributed by atoms with Crippen molar-refractivity contribution < 1.29 is 19.5 Å². The van der Waals surface area contributed by atoms with Crippen LogP contribution in [-0.2, 0) is 20.8 Å². The number of rotatable bonds is 5. The number of carboxylic acids is 1. The van der Waals surface area contributed by atoms with E-state index in [1.807, 2.05) is 6.07 Å². The van der Waals surface area contributed by atoms with Crippen molar-refractivity contribution >= 4 is 17.8 Å². The number of aryl methyl sites for hydroxylation is 1. The average Bonchev–Trinajstić information content (AvgIpc) is 2.47. The number of carboxylic acid groups (broad SMARTS) is 1. The Morgan fingerprint density at radius 1 is 1.48 bits per heavy atom. The number of nitrogens with one attached hydrogen (secondary N) is 1. The summed E-state index contributed by atoms with van der Waals surface area (Å²) < 4.78 is 0. The van der Waals surface area contributed by atoms with E-state index in [9.17, 15) is 14.4 Å². The highest BCUT2D eigenvalue weighted by Gasteiger charge is 2.34. The number of hydrogen-bond acceptors (Lipinski definition) is 4. The number of amides is 2. The van der Waals surface area contributed by atoms with Crippen molar-refractivity contribution in [3.63, 3.8) is 0 Å². The van der Waals surface area contributed by atoms with Crippen LogP contribution in [0.1, 0.15) is 18.4 Å². The minimum atomic E-state index is -1.10. The van der Waals surface area contributed by atoms with Crippen LogP contribution in [0, 0.1) is 0 Å². The third-order valence-corrected chi connectivity index (χ3v) is 3.37. The molecule has 0 aliphatic carbocycles. The molecule has 1 aliphatic rings. The average molecular weight is 291 g/mol. The van der Waals surface area contributed by atoms with E-state index in [4.69, 9.17) is 5.11 Å². The van der Waals surface area contributed by atoms with Crippen molar-refractivity contribution in [2.24, 2.45) is 0 Å². The molecule has 0 bridgehead atoms. The van der Waals surface area contributed by atoms with Gasteiger partial charge in [-0.25, -0.2) is 0 Å². The Bertz CT molecular complexity index is 532. The molecule has 1 saturated heterocycles. The van der Waals surface area contributed by atoms with Gasteiger partial charge in [0.15, 0.2) is 0 Å². The number of carbonyl (C=O) groups excluding carboxylic acids is 2. The fourth-order valence-corrected chi connectivity index (χ4v) is 2.32. The number of piperazine rings is 1. The molecule has 0 aromatic carbocycles. The number of pyridine rings is 1. The number of aliphatic carboxylic acids is 1. The van der Waals surface area contributed by atoms with Gasteiger partial charge in [0.25, 0.3) is 0 Å². The molecule has 1 aromatic heterocycles. The maximum atomic E-state index is 12.2. The lowest BCUT2D eigenvalue weighted by Crippen LogP contribution is -2.57. The van der Waals surface area contributed by atoms with Gasteiger partial charge in [0.2, 0.25) is 11.8 Å². The SMILES string of the molecule is O=C(O)CC1C(=O)NCCN1C(=O)CCc1cccnc1. The first-order valence-corrected chi connectivity index (χ1v) is 6.76. The second-order valence-electron chi connectivity index (χ2n) is 4.85. The number of carbonyl (C=O) groups is 3. The molecule has 0 spiro atoms. The number of hydrogen-bond donors (Lipinski definition) is 2. The lowest BCUT2D eigenvalue weighted by Gasteiger charge is -2.34. The number of nitrogens with zero attached hydrogens (tertiary/aromatic N) is 2. The van der Waals surface area contributed by atoms with Gasteiger partial charge in [-0.05, 0) is 18.1 Å². The lowest BCUT2D eigenvalue weighted by molar-refractivity contribution is -0.148. The maximum Gasteiger partial charge on any atom is 0.305 e. The largest absolute Gasteiger partial charge is 0.481 e. The first-order valence-electron chi connectivity index (χ1n) is 6.76. The fourth-order valence-electron chi connectivity index (χ4n) is 2.32. The van der Waals surface area contributed by atoms with Crippen molar-refractivity contribution in [3.05, 3.63) is 30.1 Å². The predicted molar refractivity (Wildman–Crippen MR) is 73.3 cm³/mol. The van der Waals surface area contributed by atoms with Gasteiger partial charge < -0.3 is 15.3 Å². The molecule has 7 nitrogen and oxygen atoms in total. The summed E-state index contributed by atoms with van der Waals surface area (Å²) in [6.45, 7) is 0.698. The summed E-state index contributed by atoms with van der Waals surface area (Å²) in [6, 6.07) is 2.75. The van der Waals surface area contributed by atoms with Crippen LogP contribution in [0.15, 0.2) is 24.5 Å². The van der Waals surface area contributed by atoms with Crippen LogP contribution < -0.4 is 5.32 Å². The van der Waals surface area contributed by atoms with Crippen molar-refractivity contribution in [1.29, 1.82) is 0 Å². The monoisotopic (exact) mass is 291 g/mol. The van der Waals surface area contributed by atoms with Crippen LogP contribution in [0.3, 0.4) is 0 Å². The quantitative estimate of drug-likeness (QED) is 0.783. The first-order chi connectivity index (χ1) is 10.1. The van der Waals surface area contributed by atoms with E-state index in [1.165, 1.54) is 4.90 Å². The van der Waals surface area contributed by atoms with Gasteiger partial charge in [0.05, 0.1) is 6.42 Å². The van der Waals surface area contributed by atoms with Gasteiger partial charge >= 0.3 is 5.97 Å². The Balaban J connectivity index is 1.98. The van der Waals surface area contributed by atoms with Gasteiger partial charge in [-0.15, -0.1) is 0 Å². The Kier molecular flexibility index (Phi) is 4.86. The molecule has 0 saturated carbocycles. The van der Waals surface area contributed by atoms with Gasteiger partial charge in [-0.3, -0.25) is 19.4 Å². The smallest absolute Gasteiger partial charge is 0.305 e. The molecule has 2 amide bonds. The molecule has 21 heavy (non-hydrogen) atoms. The van der Waals surface area contributed by atoms with Gasteiger partial charge in [0, 0.05) is 31.9 Å². The molecule has 2 N–H and O–H groups in total. The Hall–Kier alpha value is -2.44. The molecule has 2 heterocycles. The molecule has 7 heteroatoms. The number of aromatic nitrogens is 1. The Morgan fingerprint density at radius 2 is 2.29 bits per heavy atom. The van der Waals surface area contributed by atoms with Gasteiger partial charge in [-0.1, -0.05) is 6.07 Å². The van der Waals surface area contributed by atoms with E-state index >= 15 is 0 Å². The van der Waals surface area contributed by atoms with Crippen LogP contribution in [0.4, 0.5) is 0 Å². The predicted octanol–water partition coefficient (Wildman–Crippen LogP) is -0.184. The molecule has 1 atom stereocenters. The standard InChI is InChI=1S/C14H17N3O4/c18-12(4-3-10-2-1-5-15-9-10)17-7-6-16-14(21)11(17)8-13(19)20/h1-2,5,9,11H,3-4,6-8H2,(H,16,21)(H,19,20). The van der Waals surface area contributed by atoms with Crippen molar-refractivity contribution in [2.75, 3.05) is 13.1 Å². The topological polar surface area (TPSA) is 99.6 Å². The minimum Gasteiger partial charge on any atom is -0.481 e. The van der Waals surface area contributed by atoms with Crippen molar-refractivity contribution in [3.8, 4) is 0 Å². The Morgan fingerprint density at radius 3 is 2.95 bits per heavy atom. The minimum absolute atomic E-state index is 0.208. The first kappa shape index (κ1) is 15.0. The highest BCUT2D eigenvalue weighted by Crippen LogP contribution is 2.12. The molecular formula is C14H17N3O4.